The lowest BCUT2D eigenvalue weighted by molar-refractivity contribution is 1.01. The third-order valence-electron chi connectivity index (χ3n) is 10.2. The Bertz CT molecular complexity index is 3140. The molecule has 3 nitrogen and oxygen atoms in total. The van der Waals surface area contributed by atoms with E-state index in [1.807, 2.05) is 11.3 Å². The number of aromatic nitrogens is 3. The zero-order valence-electron chi connectivity index (χ0n) is 26.8. The first kappa shape index (κ1) is 27.6. The molecule has 232 valence electrons. The molecule has 11 rings (SSSR count). The van der Waals surface area contributed by atoms with Crippen LogP contribution in [0.4, 0.5) is 0 Å². The maximum Gasteiger partial charge on any atom is 0.235 e. The summed E-state index contributed by atoms with van der Waals surface area (Å²) in [5.74, 6) is 0.671. The average molecular weight is 654 g/mol. The van der Waals surface area contributed by atoms with Gasteiger partial charge in [0.15, 0.2) is 0 Å². The van der Waals surface area contributed by atoms with Gasteiger partial charge in [0, 0.05) is 41.9 Å². The van der Waals surface area contributed by atoms with Crippen molar-refractivity contribution >= 4 is 85.8 Å². The minimum Gasteiger partial charge on any atom is -0.278 e. The maximum atomic E-state index is 5.43. The third kappa shape index (κ3) is 4.09. The van der Waals surface area contributed by atoms with Gasteiger partial charge < -0.3 is 0 Å². The minimum atomic E-state index is 0.671. The molecule has 0 atom stereocenters. The molecular formula is C46H27N3S. The van der Waals surface area contributed by atoms with Crippen LogP contribution in [0.3, 0.4) is 0 Å². The van der Waals surface area contributed by atoms with Crippen LogP contribution < -0.4 is 0 Å². The van der Waals surface area contributed by atoms with Crippen LogP contribution in [0.25, 0.3) is 103 Å². The second-order valence-corrected chi connectivity index (χ2v) is 14.1. The van der Waals surface area contributed by atoms with E-state index in [-0.39, 0.29) is 0 Å². The highest BCUT2D eigenvalue weighted by atomic mass is 32.1. The van der Waals surface area contributed by atoms with Crippen LogP contribution in [0.1, 0.15) is 0 Å². The van der Waals surface area contributed by atoms with Crippen molar-refractivity contribution in [3.63, 3.8) is 0 Å². The van der Waals surface area contributed by atoms with Crippen molar-refractivity contribution in [1.82, 2.24) is 14.5 Å². The number of hydrogen-bond donors (Lipinski definition) is 0. The lowest BCUT2D eigenvalue weighted by Gasteiger charge is -2.12. The van der Waals surface area contributed by atoms with E-state index < -0.39 is 0 Å². The Kier molecular flexibility index (Phi) is 5.83. The van der Waals surface area contributed by atoms with E-state index in [0.29, 0.717) is 5.95 Å². The molecule has 0 bridgehead atoms. The Balaban J connectivity index is 1.23. The van der Waals surface area contributed by atoms with Crippen molar-refractivity contribution in [2.24, 2.45) is 0 Å². The second-order valence-electron chi connectivity index (χ2n) is 13.0. The van der Waals surface area contributed by atoms with Gasteiger partial charge in [0.1, 0.15) is 0 Å². The molecule has 0 aliphatic carbocycles. The van der Waals surface area contributed by atoms with Gasteiger partial charge in [-0.25, -0.2) is 9.97 Å². The molecule has 0 radical (unpaired) electrons. The summed E-state index contributed by atoms with van der Waals surface area (Å²) in [5, 5.41) is 11.0. The van der Waals surface area contributed by atoms with Crippen molar-refractivity contribution < 1.29 is 0 Å². The molecule has 0 spiro atoms. The highest BCUT2D eigenvalue weighted by Gasteiger charge is 2.20. The van der Waals surface area contributed by atoms with E-state index in [1.165, 1.54) is 63.6 Å². The number of hydrogen-bond acceptors (Lipinski definition) is 3. The van der Waals surface area contributed by atoms with Crippen molar-refractivity contribution in [1.29, 1.82) is 0 Å². The van der Waals surface area contributed by atoms with Gasteiger partial charge in [-0.1, -0.05) is 127 Å². The van der Waals surface area contributed by atoms with Crippen LogP contribution >= 0.6 is 11.3 Å². The predicted molar refractivity (Wildman–Crippen MR) is 213 cm³/mol. The molecule has 3 aromatic heterocycles. The van der Waals surface area contributed by atoms with Crippen LogP contribution in [0.5, 0.6) is 0 Å². The van der Waals surface area contributed by atoms with Crippen molar-refractivity contribution in [3.05, 3.63) is 164 Å². The van der Waals surface area contributed by atoms with E-state index in [2.05, 4.69) is 168 Å². The Morgan fingerprint density at radius 1 is 0.400 bits per heavy atom. The van der Waals surface area contributed by atoms with Crippen molar-refractivity contribution in [2.75, 3.05) is 0 Å². The minimum absolute atomic E-state index is 0.671. The molecule has 50 heavy (non-hydrogen) atoms. The first-order valence-electron chi connectivity index (χ1n) is 16.9. The molecule has 0 amide bonds. The van der Waals surface area contributed by atoms with Gasteiger partial charge in [-0.15, -0.1) is 11.3 Å². The fourth-order valence-corrected chi connectivity index (χ4v) is 8.93. The molecule has 11 aromatic rings. The van der Waals surface area contributed by atoms with Gasteiger partial charge in [-0.3, -0.25) is 4.57 Å². The fraction of sp³-hybridized carbons (Fsp3) is 0. The van der Waals surface area contributed by atoms with E-state index >= 15 is 0 Å². The molecule has 8 aromatic carbocycles. The van der Waals surface area contributed by atoms with Crippen LogP contribution in [-0.2, 0) is 0 Å². The molecule has 0 aliphatic rings. The van der Waals surface area contributed by atoms with Gasteiger partial charge in [0.25, 0.3) is 0 Å². The Labute approximate surface area is 291 Å². The molecule has 0 saturated carbocycles. The monoisotopic (exact) mass is 653 g/mol. The SMILES string of the molecule is c1ccc(-c2ccc(-c3nc(-n4c5cc6ccccc6cc5c5cc6sc7ccc8ccccc8c7c6cc54)nc4ccccc34)cc2)cc1. The lowest BCUT2D eigenvalue weighted by atomic mass is 10.0. The largest absolute Gasteiger partial charge is 0.278 e. The van der Waals surface area contributed by atoms with Gasteiger partial charge in [0.05, 0.1) is 22.2 Å². The normalized spacial score (nSPS) is 12.0. The van der Waals surface area contributed by atoms with Gasteiger partial charge >= 0.3 is 0 Å². The molecule has 0 aliphatic heterocycles. The van der Waals surface area contributed by atoms with Crippen LogP contribution in [0.2, 0.25) is 0 Å². The number of para-hydroxylation sites is 1. The first-order valence-corrected chi connectivity index (χ1v) is 17.7. The first-order chi connectivity index (χ1) is 24.8. The van der Waals surface area contributed by atoms with Crippen LogP contribution in [0.15, 0.2) is 164 Å². The van der Waals surface area contributed by atoms with Gasteiger partial charge in [0.2, 0.25) is 5.95 Å². The van der Waals surface area contributed by atoms with Crippen molar-refractivity contribution in [3.8, 4) is 28.3 Å². The topological polar surface area (TPSA) is 30.7 Å². The molecule has 0 unspecified atom stereocenters. The smallest absolute Gasteiger partial charge is 0.235 e. The molecule has 0 N–H and O–H groups in total. The summed E-state index contributed by atoms with van der Waals surface area (Å²) in [7, 11) is 0. The Hall–Kier alpha value is -6.36. The molecule has 3 heterocycles. The predicted octanol–water partition coefficient (Wildman–Crippen LogP) is 12.7. The van der Waals surface area contributed by atoms with Crippen LogP contribution in [-0.4, -0.2) is 14.5 Å². The standard InChI is InChI=1S/C46H27N3S/c1-2-10-28(11-3-1)29-18-20-31(21-19-29)45-35-16-8-9-17-39(35)47-46(48-45)49-40-25-33-14-5-4-13-32(33)24-36(40)37-27-43-38(26-41(37)49)44-34-15-7-6-12-30(34)22-23-42(44)50-43/h1-27H. The van der Waals surface area contributed by atoms with Crippen molar-refractivity contribution in [2.45, 2.75) is 0 Å². The highest BCUT2D eigenvalue weighted by Crippen LogP contribution is 2.44. The zero-order valence-corrected chi connectivity index (χ0v) is 27.7. The van der Waals surface area contributed by atoms with E-state index in [1.54, 1.807) is 0 Å². The third-order valence-corrected chi connectivity index (χ3v) is 11.3. The van der Waals surface area contributed by atoms with Gasteiger partial charge in [-0.05, 0) is 69.1 Å². The number of nitrogens with zero attached hydrogens (tertiary/aromatic N) is 3. The summed E-state index contributed by atoms with van der Waals surface area (Å²) < 4.78 is 4.88. The highest BCUT2D eigenvalue weighted by molar-refractivity contribution is 7.26. The van der Waals surface area contributed by atoms with Crippen LogP contribution in [0, 0.1) is 0 Å². The van der Waals surface area contributed by atoms with E-state index in [9.17, 15) is 0 Å². The molecular weight excluding hydrogens is 627 g/mol. The quantitative estimate of drug-likeness (QED) is 0.190. The second kappa shape index (κ2) is 10.6. The molecule has 0 fully saturated rings. The summed E-state index contributed by atoms with van der Waals surface area (Å²) in [6.45, 7) is 0. The molecule has 0 saturated heterocycles. The Morgan fingerprint density at radius 3 is 1.88 bits per heavy atom. The average Bonchev–Trinajstić information content (AvgIpc) is 3.70. The number of benzene rings is 8. The number of rotatable bonds is 3. The lowest BCUT2D eigenvalue weighted by Crippen LogP contribution is -2.03. The zero-order chi connectivity index (χ0) is 32.8. The van der Waals surface area contributed by atoms with E-state index in [4.69, 9.17) is 9.97 Å². The molecule has 4 heteroatoms. The number of fused-ring (bicyclic) bond motifs is 10. The maximum absolute atomic E-state index is 5.43. The summed E-state index contributed by atoms with van der Waals surface area (Å²) in [4.78, 5) is 10.7. The van der Waals surface area contributed by atoms with E-state index in [0.717, 1.165) is 33.2 Å². The fourth-order valence-electron chi connectivity index (χ4n) is 7.79. The summed E-state index contributed by atoms with van der Waals surface area (Å²) >= 11 is 1.87. The van der Waals surface area contributed by atoms with Gasteiger partial charge in [-0.2, -0.15) is 0 Å². The summed E-state index contributed by atoms with van der Waals surface area (Å²) in [5.41, 5.74) is 7.50. The summed E-state index contributed by atoms with van der Waals surface area (Å²) in [6, 6.07) is 58.9. The number of thiophene rings is 1. The Morgan fingerprint density at radius 2 is 1.04 bits per heavy atom. The summed E-state index contributed by atoms with van der Waals surface area (Å²) in [6.07, 6.45) is 0.